The topological polar surface area (TPSA) is 40.5 Å². The third-order valence-electron chi connectivity index (χ3n) is 5.63. The van der Waals surface area contributed by atoms with Gasteiger partial charge in [0, 0.05) is 23.1 Å². The Labute approximate surface area is 166 Å². The molecule has 0 saturated heterocycles. The summed E-state index contributed by atoms with van der Waals surface area (Å²) in [4.78, 5) is 14.9. The molecular weight excluding hydrogens is 346 g/mol. The minimum Gasteiger partial charge on any atom is -0.366 e. The molecule has 3 aromatic carbocycles. The molecule has 3 nitrogen and oxygen atoms in total. The Morgan fingerprint density at radius 1 is 0.857 bits per heavy atom. The molecule has 3 aromatic rings. The lowest BCUT2D eigenvalue weighted by atomic mass is 9.79. The lowest BCUT2D eigenvalue weighted by Gasteiger charge is -2.43. The summed E-state index contributed by atoms with van der Waals surface area (Å²) >= 11 is 0. The van der Waals surface area contributed by atoms with Crippen molar-refractivity contribution < 1.29 is 9.90 Å². The SMILES string of the molecule is CC(C)N1C(=O)c2ccccc2[C@@]1(O)[C@H](Cc1ccccc1)c1ccccc1. The molecule has 2 atom stereocenters. The van der Waals surface area contributed by atoms with Gasteiger partial charge in [-0.25, -0.2) is 0 Å². The van der Waals surface area contributed by atoms with Gasteiger partial charge < -0.3 is 10.0 Å². The third kappa shape index (κ3) is 2.92. The summed E-state index contributed by atoms with van der Waals surface area (Å²) in [7, 11) is 0. The van der Waals surface area contributed by atoms with Crippen molar-refractivity contribution in [2.45, 2.75) is 38.0 Å². The van der Waals surface area contributed by atoms with Gasteiger partial charge in [0.25, 0.3) is 5.91 Å². The first kappa shape index (κ1) is 18.5. The zero-order valence-electron chi connectivity index (χ0n) is 16.2. The minimum atomic E-state index is -1.40. The van der Waals surface area contributed by atoms with Gasteiger partial charge in [0.1, 0.15) is 0 Å². The normalized spacial score (nSPS) is 19.7. The molecule has 0 saturated carbocycles. The summed E-state index contributed by atoms with van der Waals surface area (Å²) < 4.78 is 0. The fourth-order valence-corrected chi connectivity index (χ4v) is 4.42. The maximum absolute atomic E-state index is 13.2. The molecule has 1 aliphatic heterocycles. The number of hydrogen-bond acceptors (Lipinski definition) is 2. The van der Waals surface area contributed by atoms with E-state index in [-0.39, 0.29) is 17.9 Å². The van der Waals surface area contributed by atoms with Crippen LogP contribution in [0.3, 0.4) is 0 Å². The average Bonchev–Trinajstić information content (AvgIpc) is 2.96. The molecule has 1 N–H and O–H groups in total. The van der Waals surface area contributed by atoms with Gasteiger partial charge >= 0.3 is 0 Å². The second-order valence-electron chi connectivity index (χ2n) is 7.69. The summed E-state index contributed by atoms with van der Waals surface area (Å²) in [5.74, 6) is -0.395. The van der Waals surface area contributed by atoms with Gasteiger partial charge in [-0.1, -0.05) is 78.9 Å². The van der Waals surface area contributed by atoms with Crippen LogP contribution >= 0.6 is 0 Å². The number of amides is 1. The zero-order chi connectivity index (χ0) is 19.7. The van der Waals surface area contributed by atoms with Gasteiger partial charge in [0.15, 0.2) is 5.72 Å². The first-order chi connectivity index (χ1) is 13.5. The molecular formula is C25H25NO2. The van der Waals surface area contributed by atoms with E-state index < -0.39 is 5.72 Å². The highest BCUT2D eigenvalue weighted by molar-refractivity contribution is 6.00. The Balaban J connectivity index is 1.91. The third-order valence-corrected chi connectivity index (χ3v) is 5.63. The van der Waals surface area contributed by atoms with Crippen LogP contribution in [0, 0.1) is 0 Å². The van der Waals surface area contributed by atoms with Crippen LogP contribution in [0.1, 0.15) is 46.8 Å². The molecule has 0 bridgehead atoms. The van der Waals surface area contributed by atoms with Crippen molar-refractivity contribution in [2.75, 3.05) is 0 Å². The molecule has 4 rings (SSSR count). The van der Waals surface area contributed by atoms with E-state index in [1.165, 1.54) is 0 Å². The van der Waals surface area contributed by atoms with Gasteiger partial charge in [0.2, 0.25) is 0 Å². The Morgan fingerprint density at radius 3 is 2.07 bits per heavy atom. The summed E-state index contributed by atoms with van der Waals surface area (Å²) in [5, 5.41) is 12.2. The first-order valence-electron chi connectivity index (χ1n) is 9.78. The lowest BCUT2D eigenvalue weighted by molar-refractivity contribution is -0.117. The van der Waals surface area contributed by atoms with Crippen LogP contribution in [0.25, 0.3) is 0 Å². The molecule has 0 aliphatic carbocycles. The van der Waals surface area contributed by atoms with E-state index in [2.05, 4.69) is 12.1 Å². The van der Waals surface area contributed by atoms with E-state index in [1.807, 2.05) is 86.6 Å². The predicted octanol–water partition coefficient (Wildman–Crippen LogP) is 4.72. The molecule has 142 valence electrons. The molecule has 0 aromatic heterocycles. The number of hydrogen-bond donors (Lipinski definition) is 1. The van der Waals surface area contributed by atoms with Crippen LogP contribution in [0.2, 0.25) is 0 Å². The smallest absolute Gasteiger partial charge is 0.257 e. The quantitative estimate of drug-likeness (QED) is 0.705. The molecule has 1 amide bonds. The van der Waals surface area contributed by atoms with E-state index in [9.17, 15) is 9.90 Å². The maximum Gasteiger partial charge on any atom is 0.257 e. The highest BCUT2D eigenvalue weighted by Gasteiger charge is 2.54. The second-order valence-corrected chi connectivity index (χ2v) is 7.69. The fraction of sp³-hybridized carbons (Fsp3) is 0.240. The Bertz CT molecular complexity index is 968. The van der Waals surface area contributed by atoms with Crippen LogP contribution in [0.15, 0.2) is 84.9 Å². The number of carbonyl (C=O) groups is 1. The summed E-state index contributed by atoms with van der Waals surface area (Å²) in [6.45, 7) is 3.92. The number of rotatable bonds is 5. The van der Waals surface area contributed by atoms with Crippen molar-refractivity contribution in [3.05, 3.63) is 107 Å². The van der Waals surface area contributed by atoms with Crippen molar-refractivity contribution >= 4 is 5.91 Å². The number of benzene rings is 3. The van der Waals surface area contributed by atoms with E-state index >= 15 is 0 Å². The number of aliphatic hydroxyl groups is 1. The largest absolute Gasteiger partial charge is 0.366 e. The molecule has 0 fully saturated rings. The number of carbonyl (C=O) groups excluding carboxylic acids is 1. The number of fused-ring (bicyclic) bond motifs is 1. The molecule has 28 heavy (non-hydrogen) atoms. The van der Waals surface area contributed by atoms with E-state index in [0.717, 1.165) is 11.1 Å². The van der Waals surface area contributed by atoms with Crippen LogP contribution in [0.4, 0.5) is 0 Å². The van der Waals surface area contributed by atoms with Gasteiger partial charge in [0.05, 0.1) is 0 Å². The van der Waals surface area contributed by atoms with Gasteiger partial charge in [-0.3, -0.25) is 4.79 Å². The molecule has 0 radical (unpaired) electrons. The predicted molar refractivity (Wildman–Crippen MR) is 111 cm³/mol. The maximum atomic E-state index is 13.2. The molecule has 3 heteroatoms. The highest BCUT2D eigenvalue weighted by Crippen LogP contribution is 2.48. The highest BCUT2D eigenvalue weighted by atomic mass is 16.3. The molecule has 0 unspecified atom stereocenters. The summed E-state index contributed by atoms with van der Waals surface area (Å²) in [6.07, 6.45) is 0.631. The molecule has 0 spiro atoms. The second kappa shape index (κ2) is 7.25. The van der Waals surface area contributed by atoms with E-state index in [4.69, 9.17) is 0 Å². The summed E-state index contributed by atoms with van der Waals surface area (Å²) in [5.41, 5.74) is 2.03. The van der Waals surface area contributed by atoms with Crippen molar-refractivity contribution in [3.8, 4) is 0 Å². The van der Waals surface area contributed by atoms with Crippen molar-refractivity contribution in [1.82, 2.24) is 4.90 Å². The average molecular weight is 371 g/mol. The van der Waals surface area contributed by atoms with Gasteiger partial charge in [-0.2, -0.15) is 0 Å². The van der Waals surface area contributed by atoms with E-state index in [1.54, 1.807) is 4.90 Å². The Morgan fingerprint density at radius 2 is 1.43 bits per heavy atom. The fourth-order valence-electron chi connectivity index (χ4n) is 4.42. The molecule has 1 aliphatic rings. The number of nitrogens with zero attached hydrogens (tertiary/aromatic N) is 1. The Kier molecular flexibility index (Phi) is 4.78. The lowest BCUT2D eigenvalue weighted by Crippen LogP contribution is -2.51. The standard InChI is InChI=1S/C25H25NO2/c1-18(2)26-24(27)21-15-9-10-16-22(21)25(26,28)23(20-13-7-4-8-14-20)17-19-11-5-3-6-12-19/h3-16,18,23,28H,17H2,1-2H3/t23-,25-/m1/s1. The van der Waals surface area contributed by atoms with Crippen LogP contribution in [0.5, 0.6) is 0 Å². The van der Waals surface area contributed by atoms with Crippen molar-refractivity contribution in [2.24, 2.45) is 0 Å². The van der Waals surface area contributed by atoms with Crippen molar-refractivity contribution in [3.63, 3.8) is 0 Å². The van der Waals surface area contributed by atoms with Gasteiger partial charge in [-0.05, 0) is 37.5 Å². The minimum absolute atomic E-state index is 0.109. The zero-order valence-corrected chi connectivity index (χ0v) is 16.2. The van der Waals surface area contributed by atoms with Crippen LogP contribution in [-0.4, -0.2) is 22.0 Å². The monoisotopic (exact) mass is 371 g/mol. The first-order valence-corrected chi connectivity index (χ1v) is 9.78. The van der Waals surface area contributed by atoms with Crippen molar-refractivity contribution in [1.29, 1.82) is 0 Å². The Hall–Kier alpha value is -2.91. The summed E-state index contributed by atoms with van der Waals surface area (Å²) in [6, 6.07) is 27.5. The van der Waals surface area contributed by atoms with E-state index in [0.29, 0.717) is 17.5 Å². The van der Waals surface area contributed by atoms with Gasteiger partial charge in [-0.15, -0.1) is 0 Å². The van der Waals surface area contributed by atoms with Crippen LogP contribution in [-0.2, 0) is 12.1 Å². The van der Waals surface area contributed by atoms with Crippen LogP contribution < -0.4 is 0 Å². The molecule has 1 heterocycles.